The summed E-state index contributed by atoms with van der Waals surface area (Å²) >= 11 is 0. The maximum absolute atomic E-state index is 14.0. The summed E-state index contributed by atoms with van der Waals surface area (Å²) in [7, 11) is 1.67. The zero-order valence-electron chi connectivity index (χ0n) is 10.6. The Bertz CT molecular complexity index is 350. The van der Waals surface area contributed by atoms with Crippen molar-refractivity contribution in [3.8, 4) is 0 Å². The van der Waals surface area contributed by atoms with Crippen molar-refractivity contribution >= 4 is 0 Å². The first-order valence-corrected chi connectivity index (χ1v) is 5.64. The van der Waals surface area contributed by atoms with Gasteiger partial charge in [0.05, 0.1) is 6.54 Å². The van der Waals surface area contributed by atoms with Crippen molar-refractivity contribution in [2.75, 3.05) is 20.1 Å². The summed E-state index contributed by atoms with van der Waals surface area (Å²) in [6.07, 6.45) is 0. The number of hydrogen-bond donors (Lipinski definition) is 1. The second-order valence-electron chi connectivity index (χ2n) is 4.94. The molecule has 1 aromatic rings. The van der Waals surface area contributed by atoms with E-state index < -0.39 is 11.5 Å². The molecule has 0 aromatic heterocycles. The maximum atomic E-state index is 14.0. The van der Waals surface area contributed by atoms with Crippen LogP contribution in [0.2, 0.25) is 0 Å². The van der Waals surface area contributed by atoms with E-state index in [9.17, 15) is 8.78 Å². The minimum Gasteiger partial charge on any atom is -0.329 e. The summed E-state index contributed by atoms with van der Waals surface area (Å²) in [5.74, 6) is -2.86. The molecule has 0 heterocycles. The summed E-state index contributed by atoms with van der Waals surface area (Å²) < 4.78 is 28.0. The molecule has 1 aromatic carbocycles. The Morgan fingerprint density at radius 2 is 1.71 bits per heavy atom. The van der Waals surface area contributed by atoms with Gasteiger partial charge >= 0.3 is 0 Å². The Hall–Kier alpha value is -1.00. The zero-order chi connectivity index (χ0) is 13.1. The lowest BCUT2D eigenvalue weighted by atomic mass is 10.0. The Balaban J connectivity index is 2.80. The number of nitrogens with zero attached hydrogens (tertiary/aromatic N) is 1. The van der Waals surface area contributed by atoms with Crippen molar-refractivity contribution in [2.45, 2.75) is 25.3 Å². The highest BCUT2D eigenvalue weighted by atomic mass is 19.3. The van der Waals surface area contributed by atoms with Gasteiger partial charge in [-0.2, -0.15) is 8.78 Å². The second-order valence-corrected chi connectivity index (χ2v) is 4.94. The van der Waals surface area contributed by atoms with Crippen LogP contribution in [0.5, 0.6) is 0 Å². The average molecular weight is 242 g/mol. The van der Waals surface area contributed by atoms with Crippen LogP contribution >= 0.6 is 0 Å². The summed E-state index contributed by atoms with van der Waals surface area (Å²) in [6.45, 7) is 3.72. The second kappa shape index (κ2) is 5.10. The van der Waals surface area contributed by atoms with E-state index in [-0.39, 0.29) is 12.1 Å². The number of rotatable bonds is 5. The summed E-state index contributed by atoms with van der Waals surface area (Å²) in [4.78, 5) is 1.60. The molecular weight excluding hydrogens is 222 g/mol. The van der Waals surface area contributed by atoms with Gasteiger partial charge in [0.25, 0.3) is 5.92 Å². The average Bonchev–Trinajstić information content (AvgIpc) is 2.29. The molecule has 1 rings (SSSR count). The van der Waals surface area contributed by atoms with Crippen LogP contribution in [0, 0.1) is 0 Å². The highest BCUT2D eigenvalue weighted by Crippen LogP contribution is 2.30. The van der Waals surface area contributed by atoms with E-state index in [1.54, 1.807) is 30.1 Å². The van der Waals surface area contributed by atoms with Crippen LogP contribution in [0.1, 0.15) is 19.4 Å². The summed E-state index contributed by atoms with van der Waals surface area (Å²) in [5.41, 5.74) is 5.19. The standard InChI is InChI=1S/C13H20F2N2/c1-12(2,9-16)17(3)10-13(14,15)11-7-5-4-6-8-11/h4-8H,9-10,16H2,1-3H3. The first-order chi connectivity index (χ1) is 7.79. The molecule has 96 valence electrons. The van der Waals surface area contributed by atoms with E-state index in [0.29, 0.717) is 6.54 Å². The molecule has 2 nitrogen and oxygen atoms in total. The molecule has 0 aliphatic heterocycles. The van der Waals surface area contributed by atoms with Crippen molar-refractivity contribution in [2.24, 2.45) is 5.73 Å². The van der Waals surface area contributed by atoms with Crippen LogP contribution in [0.25, 0.3) is 0 Å². The summed E-state index contributed by atoms with van der Waals surface area (Å²) in [6, 6.07) is 7.87. The number of halogens is 2. The normalized spacial score (nSPS) is 13.1. The van der Waals surface area contributed by atoms with Crippen LogP contribution in [0.15, 0.2) is 30.3 Å². The fraction of sp³-hybridized carbons (Fsp3) is 0.538. The summed E-state index contributed by atoms with van der Waals surface area (Å²) in [5, 5.41) is 0. The lowest BCUT2D eigenvalue weighted by Crippen LogP contribution is -2.50. The SMILES string of the molecule is CN(CC(F)(F)c1ccccc1)C(C)(C)CN. The van der Waals surface area contributed by atoms with Crippen LogP contribution in [-0.4, -0.2) is 30.6 Å². The van der Waals surface area contributed by atoms with Crippen molar-refractivity contribution in [3.05, 3.63) is 35.9 Å². The molecule has 0 saturated carbocycles. The number of nitrogens with two attached hydrogens (primary N) is 1. The number of hydrogen-bond acceptors (Lipinski definition) is 2. The molecule has 4 heteroatoms. The molecule has 0 atom stereocenters. The molecule has 0 saturated heterocycles. The fourth-order valence-corrected chi connectivity index (χ4v) is 1.44. The van der Waals surface area contributed by atoms with Crippen molar-refractivity contribution in [3.63, 3.8) is 0 Å². The molecule has 0 bridgehead atoms. The van der Waals surface area contributed by atoms with E-state index in [1.807, 2.05) is 13.8 Å². The highest BCUT2D eigenvalue weighted by molar-refractivity contribution is 5.20. The molecule has 0 aliphatic rings. The van der Waals surface area contributed by atoms with Gasteiger partial charge in [0.15, 0.2) is 0 Å². The minimum absolute atomic E-state index is 0.0414. The number of benzene rings is 1. The molecule has 0 amide bonds. The molecule has 0 spiro atoms. The van der Waals surface area contributed by atoms with E-state index in [0.717, 1.165) is 0 Å². The monoisotopic (exact) mass is 242 g/mol. The molecule has 17 heavy (non-hydrogen) atoms. The van der Waals surface area contributed by atoms with Gasteiger partial charge in [-0.1, -0.05) is 30.3 Å². The largest absolute Gasteiger partial charge is 0.329 e. The zero-order valence-corrected chi connectivity index (χ0v) is 10.6. The van der Waals surface area contributed by atoms with Crippen LogP contribution in [-0.2, 0) is 5.92 Å². The molecule has 0 fully saturated rings. The smallest absolute Gasteiger partial charge is 0.285 e. The van der Waals surface area contributed by atoms with Gasteiger partial charge in [0.2, 0.25) is 0 Å². The molecular formula is C13H20F2N2. The van der Waals surface area contributed by atoms with Gasteiger partial charge in [-0.3, -0.25) is 4.90 Å². The van der Waals surface area contributed by atoms with Gasteiger partial charge < -0.3 is 5.73 Å². The molecule has 0 unspecified atom stereocenters. The van der Waals surface area contributed by atoms with E-state index in [1.165, 1.54) is 12.1 Å². The molecule has 0 aliphatic carbocycles. The lowest BCUT2D eigenvalue weighted by Gasteiger charge is -2.36. The van der Waals surface area contributed by atoms with Crippen molar-refractivity contribution < 1.29 is 8.78 Å². The van der Waals surface area contributed by atoms with E-state index in [2.05, 4.69) is 0 Å². The minimum atomic E-state index is -2.86. The highest BCUT2D eigenvalue weighted by Gasteiger charge is 2.36. The maximum Gasteiger partial charge on any atom is 0.285 e. The first kappa shape index (κ1) is 14.1. The Morgan fingerprint density at radius 1 is 1.18 bits per heavy atom. The van der Waals surface area contributed by atoms with Crippen molar-refractivity contribution in [1.29, 1.82) is 0 Å². The predicted octanol–water partition coefficient (Wildman–Crippen LogP) is 2.45. The first-order valence-electron chi connectivity index (χ1n) is 5.64. The van der Waals surface area contributed by atoms with Crippen LogP contribution < -0.4 is 5.73 Å². The van der Waals surface area contributed by atoms with Gasteiger partial charge in [0.1, 0.15) is 0 Å². The number of likely N-dealkylation sites (N-methyl/N-ethyl adjacent to an activating group) is 1. The van der Waals surface area contributed by atoms with Gasteiger partial charge in [-0.05, 0) is 20.9 Å². The van der Waals surface area contributed by atoms with Crippen LogP contribution in [0.4, 0.5) is 8.78 Å². The van der Waals surface area contributed by atoms with Gasteiger partial charge in [-0.15, -0.1) is 0 Å². The quantitative estimate of drug-likeness (QED) is 0.859. The Labute approximate surface area is 101 Å². The molecule has 0 radical (unpaired) electrons. The van der Waals surface area contributed by atoms with E-state index in [4.69, 9.17) is 5.73 Å². The third-order valence-corrected chi connectivity index (χ3v) is 3.16. The third-order valence-electron chi connectivity index (χ3n) is 3.16. The lowest BCUT2D eigenvalue weighted by molar-refractivity contribution is -0.0518. The third kappa shape index (κ3) is 3.48. The topological polar surface area (TPSA) is 29.3 Å². The van der Waals surface area contributed by atoms with Crippen molar-refractivity contribution in [1.82, 2.24) is 4.90 Å². The molecule has 2 N–H and O–H groups in total. The van der Waals surface area contributed by atoms with Gasteiger partial charge in [-0.25, -0.2) is 0 Å². The predicted molar refractivity (Wildman–Crippen MR) is 66.1 cm³/mol. The Morgan fingerprint density at radius 3 is 2.18 bits per heavy atom. The van der Waals surface area contributed by atoms with E-state index >= 15 is 0 Å². The van der Waals surface area contributed by atoms with Crippen LogP contribution in [0.3, 0.4) is 0 Å². The van der Waals surface area contributed by atoms with Gasteiger partial charge in [0, 0.05) is 17.6 Å². The fourth-order valence-electron chi connectivity index (χ4n) is 1.44. The number of alkyl halides is 2. The Kier molecular flexibility index (Phi) is 4.22.